The Morgan fingerprint density at radius 2 is 2.08 bits per heavy atom. The Bertz CT molecular complexity index is 530. The molecule has 2 heterocycles. The molecule has 7 heteroatoms. The summed E-state index contributed by atoms with van der Waals surface area (Å²) in [5.41, 5.74) is 0.665. The fraction of sp³-hybridized carbons (Fsp3) is 0.647. The van der Waals surface area contributed by atoms with Gasteiger partial charge in [-0.05, 0) is 19.1 Å². The van der Waals surface area contributed by atoms with E-state index in [2.05, 4.69) is 9.88 Å². The van der Waals surface area contributed by atoms with Gasteiger partial charge in [0.1, 0.15) is 5.82 Å². The Hall–Kier alpha value is -1.70. The maximum Gasteiger partial charge on any atom is 0.254 e. The number of aromatic nitrogens is 1. The van der Waals surface area contributed by atoms with Crippen molar-refractivity contribution >= 4 is 11.7 Å². The number of β-amino-alcohol motifs (C(OH)–C–C–N with tert-alkyl or cyclic N) is 1. The molecule has 0 aliphatic carbocycles. The number of hydrogen-bond acceptors (Lipinski definition) is 6. The van der Waals surface area contributed by atoms with Gasteiger partial charge in [-0.1, -0.05) is 0 Å². The predicted molar refractivity (Wildman–Crippen MR) is 93.4 cm³/mol. The summed E-state index contributed by atoms with van der Waals surface area (Å²) in [6, 6.07) is 3.58. The van der Waals surface area contributed by atoms with Crippen LogP contribution in [0, 0.1) is 0 Å². The molecule has 1 aliphatic heterocycles. The minimum atomic E-state index is -0.477. The van der Waals surface area contributed by atoms with Crippen molar-refractivity contribution in [3.8, 4) is 0 Å². The number of carbonyl (C=O) groups is 1. The lowest BCUT2D eigenvalue weighted by Gasteiger charge is -2.35. The number of nitrogens with zero attached hydrogens (tertiary/aromatic N) is 4. The average molecular weight is 336 g/mol. The monoisotopic (exact) mass is 336 g/mol. The van der Waals surface area contributed by atoms with E-state index in [1.807, 2.05) is 36.9 Å². The van der Waals surface area contributed by atoms with E-state index in [1.165, 1.54) is 0 Å². The van der Waals surface area contributed by atoms with E-state index < -0.39 is 6.10 Å². The van der Waals surface area contributed by atoms with E-state index in [1.54, 1.807) is 12.3 Å². The summed E-state index contributed by atoms with van der Waals surface area (Å²) in [5.74, 6) is 0.813. The molecule has 0 bridgehead atoms. The molecule has 2 rings (SSSR count). The Morgan fingerprint density at radius 1 is 1.38 bits per heavy atom. The molecule has 1 aliphatic rings. The Balaban J connectivity index is 1.85. The van der Waals surface area contributed by atoms with Crippen molar-refractivity contribution < 1.29 is 14.6 Å². The van der Waals surface area contributed by atoms with Crippen LogP contribution in [0.1, 0.15) is 17.3 Å². The Morgan fingerprint density at radius 3 is 2.71 bits per heavy atom. The largest absolute Gasteiger partial charge is 0.389 e. The van der Waals surface area contributed by atoms with Gasteiger partial charge in [0.25, 0.3) is 5.91 Å². The molecule has 7 nitrogen and oxygen atoms in total. The maximum atomic E-state index is 12.6. The molecule has 0 radical (unpaired) electrons. The van der Waals surface area contributed by atoms with Crippen LogP contribution in [0.2, 0.25) is 0 Å². The summed E-state index contributed by atoms with van der Waals surface area (Å²) < 4.78 is 5.23. The van der Waals surface area contributed by atoms with Crippen molar-refractivity contribution in [1.82, 2.24) is 14.8 Å². The van der Waals surface area contributed by atoms with E-state index in [0.29, 0.717) is 38.4 Å². The summed E-state index contributed by atoms with van der Waals surface area (Å²) in [6.45, 7) is 6.33. The highest BCUT2D eigenvalue weighted by Crippen LogP contribution is 2.13. The summed E-state index contributed by atoms with van der Waals surface area (Å²) >= 11 is 0. The minimum Gasteiger partial charge on any atom is -0.389 e. The van der Waals surface area contributed by atoms with Gasteiger partial charge in [-0.3, -0.25) is 9.69 Å². The SMILES string of the molecule is CCOC[C@@H](O)CN1CCN(C(=O)c2ccnc(N(C)C)c2)CC1. The van der Waals surface area contributed by atoms with Crippen molar-refractivity contribution in [1.29, 1.82) is 0 Å². The van der Waals surface area contributed by atoms with Crippen molar-refractivity contribution in [3.63, 3.8) is 0 Å². The quantitative estimate of drug-likeness (QED) is 0.773. The Labute approximate surface area is 143 Å². The van der Waals surface area contributed by atoms with Crippen LogP contribution in [0.5, 0.6) is 0 Å². The molecule has 1 saturated heterocycles. The molecule has 1 fully saturated rings. The number of rotatable bonds is 7. The van der Waals surface area contributed by atoms with Gasteiger partial charge in [-0.25, -0.2) is 4.98 Å². The van der Waals surface area contributed by atoms with E-state index in [-0.39, 0.29) is 5.91 Å². The molecule has 1 amide bonds. The van der Waals surface area contributed by atoms with Crippen LogP contribution in [0.3, 0.4) is 0 Å². The fourth-order valence-electron chi connectivity index (χ4n) is 2.72. The molecule has 1 aromatic heterocycles. The lowest BCUT2D eigenvalue weighted by atomic mass is 10.2. The third-order valence-electron chi connectivity index (χ3n) is 4.09. The van der Waals surface area contributed by atoms with E-state index in [0.717, 1.165) is 18.9 Å². The second-order valence-corrected chi connectivity index (χ2v) is 6.20. The van der Waals surface area contributed by atoms with Gasteiger partial charge in [0.2, 0.25) is 0 Å². The van der Waals surface area contributed by atoms with E-state index >= 15 is 0 Å². The normalized spacial score (nSPS) is 16.9. The zero-order chi connectivity index (χ0) is 17.5. The maximum absolute atomic E-state index is 12.6. The van der Waals surface area contributed by atoms with Gasteiger partial charge in [0, 0.05) is 65.2 Å². The molecular weight excluding hydrogens is 308 g/mol. The molecule has 0 saturated carbocycles. The lowest BCUT2D eigenvalue weighted by molar-refractivity contribution is 0.0111. The second kappa shape index (κ2) is 8.96. The Kier molecular flexibility index (Phi) is 6.96. The van der Waals surface area contributed by atoms with Crippen molar-refractivity contribution in [2.24, 2.45) is 0 Å². The number of carbonyl (C=O) groups excluding carboxylic acids is 1. The summed E-state index contributed by atoms with van der Waals surface area (Å²) in [6.07, 6.45) is 1.19. The lowest BCUT2D eigenvalue weighted by Crippen LogP contribution is -2.50. The van der Waals surface area contributed by atoms with Crippen LogP contribution in [-0.2, 0) is 4.74 Å². The first-order chi connectivity index (χ1) is 11.5. The molecule has 134 valence electrons. The zero-order valence-corrected chi connectivity index (χ0v) is 14.8. The summed E-state index contributed by atoms with van der Waals surface area (Å²) in [4.78, 5) is 22.8. The first-order valence-electron chi connectivity index (χ1n) is 8.42. The molecule has 1 atom stereocenters. The second-order valence-electron chi connectivity index (χ2n) is 6.20. The molecule has 24 heavy (non-hydrogen) atoms. The molecular formula is C17H28N4O3. The number of pyridine rings is 1. The molecule has 0 aromatic carbocycles. The van der Waals surface area contributed by atoms with E-state index in [4.69, 9.17) is 4.74 Å². The number of anilines is 1. The minimum absolute atomic E-state index is 0.0371. The molecule has 1 aromatic rings. The summed E-state index contributed by atoms with van der Waals surface area (Å²) in [5, 5.41) is 9.91. The highest BCUT2D eigenvalue weighted by molar-refractivity contribution is 5.94. The first-order valence-corrected chi connectivity index (χ1v) is 8.42. The molecule has 0 spiro atoms. The van der Waals surface area contributed by atoms with Crippen LogP contribution in [0.15, 0.2) is 18.3 Å². The smallest absolute Gasteiger partial charge is 0.254 e. The number of aliphatic hydroxyl groups excluding tert-OH is 1. The number of amides is 1. The third kappa shape index (κ3) is 5.15. The van der Waals surface area contributed by atoms with Crippen LogP contribution in [0.4, 0.5) is 5.82 Å². The zero-order valence-electron chi connectivity index (χ0n) is 14.8. The molecule has 1 N–H and O–H groups in total. The fourth-order valence-corrected chi connectivity index (χ4v) is 2.72. The summed E-state index contributed by atoms with van der Waals surface area (Å²) in [7, 11) is 3.81. The topological polar surface area (TPSA) is 69.1 Å². The first kappa shape index (κ1) is 18.6. The van der Waals surface area contributed by atoms with Gasteiger partial charge < -0.3 is 19.6 Å². The predicted octanol–water partition coefficient (Wildman–Crippen LogP) is 0.303. The van der Waals surface area contributed by atoms with Crippen LogP contribution >= 0.6 is 0 Å². The standard InChI is InChI=1S/C17H28N4O3/c1-4-24-13-15(22)12-20-7-9-21(10-8-20)17(23)14-5-6-18-16(11-14)19(2)3/h5-6,11,15,22H,4,7-10,12-13H2,1-3H3/t15-/m0/s1. The number of hydrogen-bond donors (Lipinski definition) is 1. The van der Waals surface area contributed by atoms with Gasteiger partial charge in [-0.2, -0.15) is 0 Å². The van der Waals surface area contributed by atoms with Gasteiger partial charge in [0.15, 0.2) is 0 Å². The highest BCUT2D eigenvalue weighted by Gasteiger charge is 2.23. The number of aliphatic hydroxyl groups is 1. The van der Waals surface area contributed by atoms with Crippen molar-refractivity contribution in [2.45, 2.75) is 13.0 Å². The van der Waals surface area contributed by atoms with Gasteiger partial charge in [0.05, 0.1) is 12.7 Å². The van der Waals surface area contributed by atoms with Crippen LogP contribution in [0.25, 0.3) is 0 Å². The highest BCUT2D eigenvalue weighted by atomic mass is 16.5. The van der Waals surface area contributed by atoms with Crippen LogP contribution in [-0.4, -0.2) is 91.9 Å². The number of ether oxygens (including phenoxy) is 1. The number of piperazine rings is 1. The van der Waals surface area contributed by atoms with Crippen LogP contribution < -0.4 is 4.90 Å². The van der Waals surface area contributed by atoms with Gasteiger partial charge >= 0.3 is 0 Å². The average Bonchev–Trinajstić information content (AvgIpc) is 2.60. The van der Waals surface area contributed by atoms with Crippen molar-refractivity contribution in [3.05, 3.63) is 23.9 Å². The van der Waals surface area contributed by atoms with Gasteiger partial charge in [-0.15, -0.1) is 0 Å². The van der Waals surface area contributed by atoms with E-state index in [9.17, 15) is 9.90 Å². The molecule has 0 unspecified atom stereocenters. The third-order valence-corrected chi connectivity index (χ3v) is 4.09. The van der Waals surface area contributed by atoms with Crippen molar-refractivity contribution in [2.75, 3.05) is 64.9 Å².